The molecule has 1 atom stereocenters. The summed E-state index contributed by atoms with van der Waals surface area (Å²) < 4.78 is 5.18. The number of amides is 3. The van der Waals surface area contributed by atoms with Gasteiger partial charge in [0.25, 0.3) is 0 Å². The highest BCUT2D eigenvalue weighted by Crippen LogP contribution is 2.26. The summed E-state index contributed by atoms with van der Waals surface area (Å²) in [4.78, 5) is 39.3. The molecule has 3 amide bonds. The SMILES string of the molecule is CCN(C(=O)CNC(=O)OC(C)(C)C)C(C(=O)NC(C)C)c1cccc(C)c1C. The maximum Gasteiger partial charge on any atom is 0.408 e. The monoisotopic (exact) mass is 405 g/mol. The number of carbonyl (C=O) groups excluding carboxylic acids is 3. The van der Waals surface area contributed by atoms with Crippen molar-refractivity contribution in [1.82, 2.24) is 15.5 Å². The van der Waals surface area contributed by atoms with E-state index in [9.17, 15) is 14.4 Å². The zero-order chi connectivity index (χ0) is 22.4. The Morgan fingerprint density at radius 2 is 1.76 bits per heavy atom. The molecule has 0 saturated carbocycles. The fourth-order valence-corrected chi connectivity index (χ4v) is 2.95. The fourth-order valence-electron chi connectivity index (χ4n) is 2.95. The predicted molar refractivity (Wildman–Crippen MR) is 114 cm³/mol. The summed E-state index contributed by atoms with van der Waals surface area (Å²) in [5.74, 6) is -0.607. The standard InChI is InChI=1S/C22H35N3O4/c1-9-25(18(26)13-23-21(28)29-22(6,7)8)19(20(27)24-14(2)3)17-12-10-11-15(4)16(17)5/h10-12,14,19H,9,13H2,1-8H3,(H,23,28)(H,24,27). The lowest BCUT2D eigenvalue weighted by Gasteiger charge is -2.32. The number of likely N-dealkylation sites (N-methyl/N-ethyl adjacent to an activating group) is 1. The van der Waals surface area contributed by atoms with Gasteiger partial charge in [0.1, 0.15) is 18.2 Å². The number of alkyl carbamates (subject to hydrolysis) is 1. The highest BCUT2D eigenvalue weighted by molar-refractivity contribution is 5.90. The van der Waals surface area contributed by atoms with Gasteiger partial charge in [-0.05, 0) is 72.1 Å². The summed E-state index contributed by atoms with van der Waals surface area (Å²) in [5, 5.41) is 5.39. The molecular formula is C22H35N3O4. The van der Waals surface area contributed by atoms with E-state index < -0.39 is 17.7 Å². The first-order chi connectivity index (χ1) is 13.4. The zero-order valence-corrected chi connectivity index (χ0v) is 18.9. The first kappa shape index (κ1) is 24.5. The number of hydrogen-bond donors (Lipinski definition) is 2. The fraction of sp³-hybridized carbons (Fsp3) is 0.591. The molecule has 0 bridgehead atoms. The average molecular weight is 406 g/mol. The second kappa shape index (κ2) is 10.3. The number of ether oxygens (including phenoxy) is 1. The van der Waals surface area contributed by atoms with Gasteiger partial charge in [0.2, 0.25) is 11.8 Å². The second-order valence-corrected chi connectivity index (χ2v) is 8.39. The van der Waals surface area contributed by atoms with Crippen molar-refractivity contribution in [2.24, 2.45) is 0 Å². The van der Waals surface area contributed by atoms with Gasteiger partial charge in [-0.15, -0.1) is 0 Å². The molecule has 2 N–H and O–H groups in total. The number of aryl methyl sites for hydroxylation is 1. The van der Waals surface area contributed by atoms with E-state index in [0.717, 1.165) is 16.7 Å². The molecule has 0 saturated heterocycles. The van der Waals surface area contributed by atoms with Gasteiger partial charge in [-0.25, -0.2) is 4.79 Å². The first-order valence-electron chi connectivity index (χ1n) is 10.00. The summed E-state index contributed by atoms with van der Waals surface area (Å²) in [7, 11) is 0. The third-order valence-corrected chi connectivity index (χ3v) is 4.38. The molecule has 0 fully saturated rings. The Hall–Kier alpha value is -2.57. The maximum atomic E-state index is 13.0. The Bertz CT molecular complexity index is 738. The summed E-state index contributed by atoms with van der Waals surface area (Å²) in [5.41, 5.74) is 2.12. The van der Waals surface area contributed by atoms with Gasteiger partial charge in [-0.1, -0.05) is 18.2 Å². The Balaban J connectivity index is 3.13. The van der Waals surface area contributed by atoms with Crippen molar-refractivity contribution in [3.05, 3.63) is 34.9 Å². The largest absolute Gasteiger partial charge is 0.444 e. The van der Waals surface area contributed by atoms with Gasteiger partial charge in [0.05, 0.1) is 0 Å². The highest BCUT2D eigenvalue weighted by Gasteiger charge is 2.32. The molecule has 1 rings (SSSR count). The van der Waals surface area contributed by atoms with Crippen molar-refractivity contribution in [2.75, 3.05) is 13.1 Å². The van der Waals surface area contributed by atoms with Gasteiger partial charge >= 0.3 is 6.09 Å². The molecule has 0 aliphatic heterocycles. The Kier molecular flexibility index (Phi) is 8.67. The van der Waals surface area contributed by atoms with Crippen LogP contribution in [0.15, 0.2) is 18.2 Å². The maximum absolute atomic E-state index is 13.0. The smallest absolute Gasteiger partial charge is 0.408 e. The van der Waals surface area contributed by atoms with Crippen molar-refractivity contribution in [3.8, 4) is 0 Å². The van der Waals surface area contributed by atoms with Gasteiger partial charge in [0.15, 0.2) is 0 Å². The number of carbonyl (C=O) groups is 3. The summed E-state index contributed by atoms with van der Waals surface area (Å²) in [6.07, 6.45) is -0.670. The number of nitrogens with one attached hydrogen (secondary N) is 2. The van der Waals surface area contributed by atoms with Gasteiger partial charge < -0.3 is 20.3 Å². The molecule has 29 heavy (non-hydrogen) atoms. The molecule has 0 aliphatic rings. The van der Waals surface area contributed by atoms with Gasteiger partial charge in [0, 0.05) is 12.6 Å². The molecule has 1 aromatic carbocycles. The van der Waals surface area contributed by atoms with Crippen molar-refractivity contribution in [1.29, 1.82) is 0 Å². The molecule has 162 valence electrons. The van der Waals surface area contributed by atoms with E-state index in [0.29, 0.717) is 6.54 Å². The summed E-state index contributed by atoms with van der Waals surface area (Å²) in [6, 6.07) is 4.87. The molecule has 0 heterocycles. The summed E-state index contributed by atoms with van der Waals surface area (Å²) >= 11 is 0. The normalized spacial score (nSPS) is 12.3. The van der Waals surface area contributed by atoms with Crippen LogP contribution in [-0.4, -0.2) is 47.5 Å². The van der Waals surface area contributed by atoms with Crippen LogP contribution < -0.4 is 10.6 Å². The Morgan fingerprint density at radius 1 is 1.14 bits per heavy atom. The molecule has 7 nitrogen and oxygen atoms in total. The number of rotatable bonds is 7. The molecule has 0 spiro atoms. The Labute approximate surface area is 174 Å². The minimum Gasteiger partial charge on any atom is -0.444 e. The number of benzene rings is 1. The van der Waals surface area contributed by atoms with Gasteiger partial charge in [-0.3, -0.25) is 9.59 Å². The molecule has 0 radical (unpaired) electrons. The molecule has 0 aliphatic carbocycles. The Morgan fingerprint density at radius 3 is 2.28 bits per heavy atom. The first-order valence-corrected chi connectivity index (χ1v) is 10.00. The van der Waals surface area contributed by atoms with E-state index in [4.69, 9.17) is 4.74 Å². The lowest BCUT2D eigenvalue weighted by atomic mass is 9.95. The van der Waals surface area contributed by atoms with Crippen LogP contribution in [0.3, 0.4) is 0 Å². The minimum absolute atomic E-state index is 0.0659. The quantitative estimate of drug-likeness (QED) is 0.729. The van der Waals surface area contributed by atoms with Crippen molar-refractivity contribution >= 4 is 17.9 Å². The third-order valence-electron chi connectivity index (χ3n) is 4.38. The third kappa shape index (κ3) is 7.40. The van der Waals surface area contributed by atoms with Crippen LogP contribution >= 0.6 is 0 Å². The van der Waals surface area contributed by atoms with Crippen LogP contribution in [0.5, 0.6) is 0 Å². The van der Waals surface area contributed by atoms with E-state index >= 15 is 0 Å². The van der Waals surface area contributed by atoms with Crippen LogP contribution in [0.1, 0.15) is 64.3 Å². The number of nitrogens with zero attached hydrogens (tertiary/aromatic N) is 1. The van der Waals surface area contributed by atoms with E-state index in [1.807, 2.05) is 52.8 Å². The van der Waals surface area contributed by atoms with Crippen LogP contribution in [0.4, 0.5) is 4.79 Å². The lowest BCUT2D eigenvalue weighted by molar-refractivity contribution is -0.140. The summed E-state index contributed by atoms with van der Waals surface area (Å²) in [6.45, 7) is 14.8. The predicted octanol–water partition coefficient (Wildman–Crippen LogP) is 3.24. The molecule has 0 aromatic heterocycles. The highest BCUT2D eigenvalue weighted by atomic mass is 16.6. The van der Waals surface area contributed by atoms with E-state index in [-0.39, 0.29) is 24.4 Å². The molecular weight excluding hydrogens is 370 g/mol. The molecule has 1 unspecified atom stereocenters. The number of hydrogen-bond acceptors (Lipinski definition) is 4. The van der Waals surface area contributed by atoms with Crippen LogP contribution in [0.2, 0.25) is 0 Å². The van der Waals surface area contributed by atoms with E-state index in [2.05, 4.69) is 10.6 Å². The average Bonchev–Trinajstić information content (AvgIpc) is 2.58. The van der Waals surface area contributed by atoms with Crippen LogP contribution in [-0.2, 0) is 14.3 Å². The molecule has 1 aromatic rings. The van der Waals surface area contributed by atoms with Crippen molar-refractivity contribution in [2.45, 2.75) is 73.1 Å². The molecule has 7 heteroatoms. The topological polar surface area (TPSA) is 87.7 Å². The minimum atomic E-state index is -0.782. The van der Waals surface area contributed by atoms with Crippen LogP contribution in [0.25, 0.3) is 0 Å². The van der Waals surface area contributed by atoms with E-state index in [1.54, 1.807) is 20.8 Å². The lowest BCUT2D eigenvalue weighted by Crippen LogP contribution is -2.49. The van der Waals surface area contributed by atoms with Crippen molar-refractivity contribution < 1.29 is 19.1 Å². The van der Waals surface area contributed by atoms with Crippen molar-refractivity contribution in [3.63, 3.8) is 0 Å². The second-order valence-electron chi connectivity index (χ2n) is 8.39. The van der Waals surface area contributed by atoms with Crippen LogP contribution in [0, 0.1) is 13.8 Å². The van der Waals surface area contributed by atoms with Gasteiger partial charge in [-0.2, -0.15) is 0 Å². The zero-order valence-electron chi connectivity index (χ0n) is 18.9. The van der Waals surface area contributed by atoms with E-state index in [1.165, 1.54) is 4.90 Å².